The Morgan fingerprint density at radius 2 is 1.57 bits per heavy atom. The molecule has 7 heteroatoms. The molecule has 2 aliphatic rings. The van der Waals surface area contributed by atoms with E-state index in [1.807, 2.05) is 14.1 Å². The maximum absolute atomic E-state index is 9.67. The van der Waals surface area contributed by atoms with Gasteiger partial charge in [-0.2, -0.15) is 0 Å². The van der Waals surface area contributed by atoms with E-state index in [4.69, 9.17) is 4.42 Å². The predicted molar refractivity (Wildman–Crippen MR) is 85.0 cm³/mol. The van der Waals surface area contributed by atoms with Gasteiger partial charge in [-0.3, -0.25) is 12.9 Å². The number of nitrogens with zero attached hydrogens (tertiary/aromatic N) is 1. The van der Waals surface area contributed by atoms with Crippen molar-refractivity contribution in [1.29, 1.82) is 0 Å². The lowest BCUT2D eigenvalue weighted by molar-refractivity contribution is -0.00000829. The minimum atomic E-state index is -3.67. The molecular formula is C16H22BF4NO. The van der Waals surface area contributed by atoms with Gasteiger partial charge in [-0.15, -0.1) is 0 Å². The van der Waals surface area contributed by atoms with Gasteiger partial charge in [0.1, 0.15) is 25.6 Å². The highest BCUT2D eigenvalue weighted by molar-refractivity contribution is 6.33. The molecule has 0 spiro atoms. The molecule has 0 bridgehead atoms. The molecule has 128 valence electrons. The molecule has 2 rings (SSSR count). The second kappa shape index (κ2) is 8.18. The van der Waals surface area contributed by atoms with Crippen molar-refractivity contribution in [2.75, 3.05) is 14.1 Å². The van der Waals surface area contributed by atoms with Crippen molar-refractivity contribution in [2.24, 2.45) is 0 Å². The number of hydrogen-bond donors (Lipinski definition) is 0. The number of aryl methyl sites for hydroxylation is 1. The summed E-state index contributed by atoms with van der Waals surface area (Å²) in [7, 11) is 0.420. The number of hydrogen-bond acceptors (Lipinski definition) is 1. The van der Waals surface area contributed by atoms with E-state index < -0.39 is 7.54 Å². The fourth-order valence-electron chi connectivity index (χ4n) is 1.99. The first kappa shape index (κ1) is 21.2. The number of fused-ring (bicyclic) bond motifs is 1. The summed E-state index contributed by atoms with van der Waals surface area (Å²) in [6.45, 7) is 8.66. The van der Waals surface area contributed by atoms with Crippen LogP contribution in [-0.4, -0.2) is 21.6 Å². The number of benzene rings is 1. The number of rotatable bonds is 0. The highest BCUT2D eigenvalue weighted by Gasteiger charge is 2.20. The van der Waals surface area contributed by atoms with E-state index in [2.05, 4.69) is 56.5 Å². The van der Waals surface area contributed by atoms with Crippen LogP contribution in [0.25, 0.3) is 11.3 Å². The molecular weight excluding hydrogens is 309 g/mol. The van der Waals surface area contributed by atoms with Gasteiger partial charge < -0.3 is 9.12 Å². The molecule has 0 N–H and O–H groups in total. The van der Waals surface area contributed by atoms with E-state index in [1.54, 1.807) is 0 Å². The summed E-state index contributed by atoms with van der Waals surface area (Å²) in [4.78, 5) is 0. The first-order valence-corrected chi connectivity index (χ1v) is 7.00. The summed E-state index contributed by atoms with van der Waals surface area (Å²) < 4.78 is 37.2. The lowest BCUT2D eigenvalue weighted by Gasteiger charge is -2.20. The molecule has 0 saturated heterocycles. The van der Waals surface area contributed by atoms with Crippen LogP contribution in [-0.2, 0) is 5.41 Å². The van der Waals surface area contributed by atoms with Gasteiger partial charge in [-0.1, -0.05) is 20.8 Å². The van der Waals surface area contributed by atoms with Crippen molar-refractivity contribution in [3.05, 3.63) is 40.9 Å². The Balaban J connectivity index is 0.000000871. The fourth-order valence-corrected chi connectivity index (χ4v) is 1.99. The smallest absolute Gasteiger partial charge is 0.762 e. The van der Waals surface area contributed by atoms with Crippen LogP contribution in [0.3, 0.4) is 0 Å². The molecule has 0 unspecified atom stereocenters. The lowest BCUT2D eigenvalue weighted by Crippen LogP contribution is -3.00. The third-order valence-electron chi connectivity index (χ3n) is 3.21. The zero-order chi connectivity index (χ0) is 17.1. The third-order valence-corrected chi connectivity index (χ3v) is 3.21. The van der Waals surface area contributed by atoms with E-state index in [0.717, 1.165) is 16.9 Å². The molecule has 0 atom stereocenters. The fraction of sp³-hybridized carbons (Fsp3) is 0.438. The summed E-state index contributed by atoms with van der Waals surface area (Å²) in [6, 6.07) is 8.52. The SMILES string of the molecule is Cc1cc(C(C)(C)C)oc2cc(=[N+](C)C)ccc1-2.FB(F)F.[F-]. The Morgan fingerprint density at radius 1 is 1.04 bits per heavy atom. The standard InChI is InChI=1S/C16H22NO.BF3.FH/c1-11-9-15(16(2,3)4)18-14-10-12(17(5)6)7-8-13(11)14;2-1(3)4;/h7-10H,1-6H3;;1H/q+1;;/p-1. The van der Waals surface area contributed by atoms with Crippen LogP contribution in [0.15, 0.2) is 28.7 Å². The Morgan fingerprint density at radius 3 is 2.00 bits per heavy atom. The molecule has 0 amide bonds. The molecule has 1 aliphatic carbocycles. The van der Waals surface area contributed by atoms with Crippen LogP contribution < -0.4 is 14.6 Å². The van der Waals surface area contributed by atoms with Crippen molar-refractivity contribution in [3.8, 4) is 11.3 Å². The average molecular weight is 331 g/mol. The Bertz CT molecular complexity index is 670. The largest absolute Gasteiger partial charge is 1.00 e. The van der Waals surface area contributed by atoms with Crippen LogP contribution in [0.4, 0.5) is 12.9 Å². The first-order chi connectivity index (χ1) is 10.0. The highest BCUT2D eigenvalue weighted by atomic mass is 19.4. The van der Waals surface area contributed by atoms with Crippen LogP contribution in [0, 0.1) is 6.92 Å². The molecule has 0 aromatic carbocycles. The molecule has 23 heavy (non-hydrogen) atoms. The molecule has 0 aromatic heterocycles. The molecule has 0 aromatic rings. The van der Waals surface area contributed by atoms with Gasteiger partial charge in [-0.05, 0) is 24.6 Å². The highest BCUT2D eigenvalue weighted by Crippen LogP contribution is 2.31. The molecule has 0 radical (unpaired) electrons. The molecule has 0 saturated carbocycles. The molecule has 0 fully saturated rings. The monoisotopic (exact) mass is 331 g/mol. The van der Waals surface area contributed by atoms with E-state index in [1.165, 1.54) is 11.1 Å². The van der Waals surface area contributed by atoms with Crippen LogP contribution in [0.1, 0.15) is 32.1 Å². The quantitative estimate of drug-likeness (QED) is 0.398. The second-order valence-corrected chi connectivity index (χ2v) is 6.37. The van der Waals surface area contributed by atoms with Crippen molar-refractivity contribution < 1.29 is 22.1 Å². The van der Waals surface area contributed by atoms with Crippen LogP contribution in [0.5, 0.6) is 0 Å². The molecule has 1 aliphatic heterocycles. The number of halogens is 4. The maximum Gasteiger partial charge on any atom is 0.762 e. The lowest BCUT2D eigenvalue weighted by atomic mass is 9.91. The summed E-state index contributed by atoms with van der Waals surface area (Å²) in [5.41, 5.74) is 2.49. The van der Waals surface area contributed by atoms with Crippen molar-refractivity contribution in [1.82, 2.24) is 4.58 Å². The van der Waals surface area contributed by atoms with Gasteiger partial charge in [0.05, 0.1) is 6.07 Å². The Kier molecular flexibility index (Phi) is 7.54. The second-order valence-electron chi connectivity index (χ2n) is 6.37. The minimum absolute atomic E-state index is 0. The average Bonchev–Trinajstić information content (AvgIpc) is 2.36. The summed E-state index contributed by atoms with van der Waals surface area (Å²) in [6.07, 6.45) is 0. The summed E-state index contributed by atoms with van der Waals surface area (Å²) in [5, 5.41) is 1.16. The first-order valence-electron chi connectivity index (χ1n) is 7.00. The van der Waals surface area contributed by atoms with E-state index >= 15 is 0 Å². The Labute approximate surface area is 134 Å². The van der Waals surface area contributed by atoms with Gasteiger partial charge in [0.25, 0.3) is 0 Å². The zero-order valence-corrected chi connectivity index (χ0v) is 14.3. The molecule has 1 heterocycles. The van der Waals surface area contributed by atoms with Gasteiger partial charge in [-0.25, -0.2) is 4.58 Å². The van der Waals surface area contributed by atoms with Crippen molar-refractivity contribution in [2.45, 2.75) is 33.1 Å². The van der Waals surface area contributed by atoms with E-state index in [0.29, 0.717) is 0 Å². The summed E-state index contributed by atoms with van der Waals surface area (Å²) >= 11 is 0. The summed E-state index contributed by atoms with van der Waals surface area (Å²) in [5.74, 6) is 1.99. The third kappa shape index (κ3) is 6.08. The van der Waals surface area contributed by atoms with Crippen LogP contribution >= 0.6 is 0 Å². The van der Waals surface area contributed by atoms with Gasteiger partial charge in [0.2, 0.25) is 5.36 Å². The van der Waals surface area contributed by atoms with Crippen molar-refractivity contribution in [3.63, 3.8) is 0 Å². The van der Waals surface area contributed by atoms with Gasteiger partial charge >= 0.3 is 7.54 Å². The van der Waals surface area contributed by atoms with Crippen LogP contribution in [0.2, 0.25) is 0 Å². The van der Waals surface area contributed by atoms with E-state index in [-0.39, 0.29) is 10.1 Å². The Hall–Kier alpha value is -1.79. The normalized spacial score (nSPS) is 10.5. The topological polar surface area (TPSA) is 16.1 Å². The van der Waals surface area contributed by atoms with Gasteiger partial charge in [0, 0.05) is 17.0 Å². The zero-order valence-electron chi connectivity index (χ0n) is 14.3. The van der Waals surface area contributed by atoms with E-state index in [9.17, 15) is 12.9 Å². The molecule has 2 nitrogen and oxygen atoms in total. The predicted octanol–water partition coefficient (Wildman–Crippen LogP) is 0.906. The van der Waals surface area contributed by atoms with Gasteiger partial charge in [0.15, 0.2) is 0 Å². The minimum Gasteiger partial charge on any atom is -1.00 e. The van der Waals surface area contributed by atoms with Crippen molar-refractivity contribution >= 4 is 7.54 Å². The maximum atomic E-state index is 9.67.